The van der Waals surface area contributed by atoms with Crippen molar-refractivity contribution in [3.8, 4) is 0 Å². The molecule has 3 aromatic carbocycles. The molecule has 0 aliphatic rings. The minimum atomic E-state index is -2.66. The summed E-state index contributed by atoms with van der Waals surface area (Å²) in [6.45, 7) is 12.0. The Hall–Kier alpha value is -2.75. The Morgan fingerprint density at radius 3 is 1.33 bits per heavy atom. The Morgan fingerprint density at radius 1 is 0.778 bits per heavy atom. The fourth-order valence-electron chi connectivity index (χ4n) is 2.38. The van der Waals surface area contributed by atoms with Gasteiger partial charge in [0, 0.05) is 62.5 Å². The van der Waals surface area contributed by atoms with Crippen LogP contribution in [0.5, 0.6) is 0 Å². The molecule has 3 rings (SSSR count). The van der Waals surface area contributed by atoms with Gasteiger partial charge in [0.1, 0.15) is 26.8 Å². The van der Waals surface area contributed by atoms with Gasteiger partial charge in [0.25, 0.3) is 0 Å². The van der Waals surface area contributed by atoms with Gasteiger partial charge in [0.15, 0.2) is 0 Å². The summed E-state index contributed by atoms with van der Waals surface area (Å²) in [4.78, 5) is 11.9. The molecule has 12 nitrogen and oxygen atoms in total. The molecule has 0 unspecified atom stereocenters. The van der Waals surface area contributed by atoms with Crippen molar-refractivity contribution < 1.29 is 60.6 Å². The maximum atomic E-state index is 11.9. The van der Waals surface area contributed by atoms with Crippen molar-refractivity contribution in [1.82, 2.24) is 0 Å². The minimum absolute atomic E-state index is 0. The van der Waals surface area contributed by atoms with Gasteiger partial charge in [0.05, 0.1) is 22.7 Å². The topological polar surface area (TPSA) is 202 Å². The largest absolute Gasteiger partial charge is 0.478 e. The Labute approximate surface area is 297 Å². The molecular formula is C30H46N6O6S2Y. The second-order valence-electron chi connectivity index (χ2n) is 8.61. The number of carboxylic acids is 1. The van der Waals surface area contributed by atoms with Crippen LogP contribution >= 0.6 is 12.0 Å². The van der Waals surface area contributed by atoms with Crippen molar-refractivity contribution in [2.24, 2.45) is 20.5 Å². The second kappa shape index (κ2) is 28.7. The predicted octanol–water partition coefficient (Wildman–Crippen LogP) is 9.41. The molecule has 45 heavy (non-hydrogen) atoms. The van der Waals surface area contributed by atoms with Crippen molar-refractivity contribution in [3.63, 3.8) is 0 Å². The fourth-order valence-corrected chi connectivity index (χ4v) is 2.49. The van der Waals surface area contributed by atoms with Crippen LogP contribution in [0.3, 0.4) is 0 Å². The summed E-state index contributed by atoms with van der Waals surface area (Å²) in [6.07, 6.45) is 3.72. The number of azo groups is 2. The molecular weight excluding hydrogens is 693 g/mol. The number of benzene rings is 3. The number of aromatic carboxylic acids is 1. The SMILES string of the molecule is CCC.CCC.CCS(C)(=O)=O.CCSOO.Nc1cc(N)c(N=Nc2ccccc2)c(C(=O)O)c1N=Nc1ccccc1.[Y]. The number of nitrogens with zero attached hydrogens (tertiary/aromatic N) is 4. The van der Waals surface area contributed by atoms with Crippen LogP contribution in [0.25, 0.3) is 0 Å². The van der Waals surface area contributed by atoms with E-state index in [0.717, 1.165) is 17.8 Å². The van der Waals surface area contributed by atoms with E-state index in [-0.39, 0.29) is 66.8 Å². The van der Waals surface area contributed by atoms with Gasteiger partial charge in [-0.25, -0.2) is 18.5 Å². The molecule has 0 aliphatic carbocycles. The Kier molecular flexibility index (Phi) is 29.8. The van der Waals surface area contributed by atoms with E-state index >= 15 is 0 Å². The Morgan fingerprint density at radius 2 is 1.11 bits per heavy atom. The van der Waals surface area contributed by atoms with Gasteiger partial charge in [-0.2, -0.15) is 14.6 Å². The van der Waals surface area contributed by atoms with Gasteiger partial charge in [-0.15, -0.1) is 10.2 Å². The molecule has 0 saturated heterocycles. The maximum absolute atomic E-state index is 11.9. The van der Waals surface area contributed by atoms with Crippen molar-refractivity contribution in [1.29, 1.82) is 0 Å². The third-order valence-electron chi connectivity index (χ3n) is 4.28. The van der Waals surface area contributed by atoms with Crippen LogP contribution in [0.2, 0.25) is 0 Å². The molecule has 247 valence electrons. The zero-order valence-corrected chi connectivity index (χ0v) is 31.5. The molecule has 0 spiro atoms. The molecule has 0 atom stereocenters. The van der Waals surface area contributed by atoms with Crippen LogP contribution in [0.1, 0.15) is 64.7 Å². The third kappa shape index (κ3) is 23.3. The Balaban J connectivity index is -0.000000813. The van der Waals surface area contributed by atoms with E-state index in [1.54, 1.807) is 55.5 Å². The first-order valence-electron chi connectivity index (χ1n) is 13.9. The van der Waals surface area contributed by atoms with E-state index in [0.29, 0.717) is 11.4 Å². The van der Waals surface area contributed by atoms with Crippen LogP contribution in [-0.2, 0) is 46.9 Å². The average molecular weight is 740 g/mol. The molecule has 0 amide bonds. The monoisotopic (exact) mass is 739 g/mol. The normalized spacial score (nSPS) is 10.0. The van der Waals surface area contributed by atoms with E-state index in [1.807, 2.05) is 19.1 Å². The number of carboxylic acid groups (broad SMARTS) is 1. The summed E-state index contributed by atoms with van der Waals surface area (Å²) in [5.74, 6) is -0.248. The molecule has 3 aromatic rings. The Bertz CT molecular complexity index is 1290. The van der Waals surface area contributed by atoms with E-state index in [4.69, 9.17) is 16.7 Å². The standard InChI is InChI=1S/C19H16N6O2.C3H8O2S.2C3H8.C2H6O2S.Y/c20-14-11-15(21)18(25-23-13-9-5-2-6-10-13)16(19(26)27)17(14)24-22-12-7-3-1-4-8-12;1-3-6(2,4)5;2*1-3-2;1-2-5-4-3;/h1-11H,20-21H2,(H,26,27);3H2,1-2H3;2*3H2,1-2H3;3H,2H2,1H3;. The molecule has 0 heterocycles. The number of nitrogens with two attached hydrogens (primary N) is 2. The molecule has 0 bridgehead atoms. The van der Waals surface area contributed by atoms with Crippen LogP contribution in [-0.4, -0.2) is 42.5 Å². The summed E-state index contributed by atoms with van der Waals surface area (Å²) in [6, 6.07) is 19.1. The summed E-state index contributed by atoms with van der Waals surface area (Å²) >= 11 is 1.02. The van der Waals surface area contributed by atoms with Gasteiger partial charge >= 0.3 is 5.97 Å². The zero-order chi connectivity index (χ0) is 34.0. The van der Waals surface area contributed by atoms with Crippen LogP contribution in [0.15, 0.2) is 87.2 Å². The maximum Gasteiger partial charge on any atom is 0.340 e. The summed E-state index contributed by atoms with van der Waals surface area (Å²) in [5.41, 5.74) is 12.8. The summed E-state index contributed by atoms with van der Waals surface area (Å²) < 4.78 is 23.6. The van der Waals surface area contributed by atoms with Crippen LogP contribution < -0.4 is 11.5 Å². The first kappa shape index (κ1) is 46.7. The van der Waals surface area contributed by atoms with Crippen molar-refractivity contribution in [2.45, 2.75) is 54.4 Å². The number of rotatable bonds is 8. The number of hydrogen-bond donors (Lipinski definition) is 4. The predicted molar refractivity (Wildman–Crippen MR) is 183 cm³/mol. The summed E-state index contributed by atoms with van der Waals surface area (Å²) in [7, 11) is -2.66. The molecule has 0 aliphatic heterocycles. The summed E-state index contributed by atoms with van der Waals surface area (Å²) in [5, 5.41) is 33.3. The first-order valence-corrected chi connectivity index (χ1v) is 16.8. The van der Waals surface area contributed by atoms with E-state index in [1.165, 1.54) is 25.2 Å². The van der Waals surface area contributed by atoms with E-state index < -0.39 is 15.8 Å². The van der Waals surface area contributed by atoms with Crippen molar-refractivity contribution in [2.75, 3.05) is 29.2 Å². The van der Waals surface area contributed by atoms with Gasteiger partial charge in [-0.3, -0.25) is 0 Å². The van der Waals surface area contributed by atoms with Crippen LogP contribution in [0, 0.1) is 0 Å². The van der Waals surface area contributed by atoms with Crippen molar-refractivity contribution in [3.05, 3.63) is 72.3 Å². The average Bonchev–Trinajstić information content (AvgIpc) is 2.98. The van der Waals surface area contributed by atoms with E-state index in [9.17, 15) is 18.3 Å². The van der Waals surface area contributed by atoms with Gasteiger partial charge in [-0.05, 0) is 30.3 Å². The number of nitrogen functional groups attached to an aromatic ring is 2. The van der Waals surface area contributed by atoms with Gasteiger partial charge in [-0.1, -0.05) is 90.8 Å². The smallest absolute Gasteiger partial charge is 0.340 e. The zero-order valence-electron chi connectivity index (χ0n) is 27.0. The number of hydrogen-bond acceptors (Lipinski definition) is 12. The molecule has 0 saturated carbocycles. The third-order valence-corrected chi connectivity index (χ3v) is 5.67. The van der Waals surface area contributed by atoms with E-state index in [2.05, 4.69) is 52.5 Å². The number of anilines is 2. The molecule has 0 aromatic heterocycles. The molecule has 6 N–H and O–H groups in total. The quantitative estimate of drug-likeness (QED) is 0.0570. The fraction of sp³-hybridized carbons (Fsp3) is 0.367. The van der Waals surface area contributed by atoms with Crippen molar-refractivity contribution >= 4 is 62.0 Å². The first-order chi connectivity index (χ1) is 20.9. The molecule has 0 fully saturated rings. The number of sulfone groups is 1. The molecule has 1 radical (unpaired) electrons. The minimum Gasteiger partial charge on any atom is -0.478 e. The number of carbonyl (C=O) groups is 1. The van der Waals surface area contributed by atoms with Crippen LogP contribution in [0.4, 0.5) is 34.1 Å². The van der Waals surface area contributed by atoms with Gasteiger partial charge in [0.2, 0.25) is 0 Å². The van der Waals surface area contributed by atoms with Gasteiger partial charge < -0.3 is 16.6 Å². The molecule has 15 heteroatoms. The second-order valence-corrected chi connectivity index (χ2v) is 12.0.